The number of amides is 2. The van der Waals surface area contributed by atoms with Crippen LogP contribution in [0.5, 0.6) is 0 Å². The summed E-state index contributed by atoms with van der Waals surface area (Å²) < 4.78 is 108. The van der Waals surface area contributed by atoms with Gasteiger partial charge < -0.3 is 53.5 Å². The molecule has 486 valence electrons. The van der Waals surface area contributed by atoms with E-state index < -0.39 is 94.7 Å². The van der Waals surface area contributed by atoms with Gasteiger partial charge in [-0.15, -0.1) is 0 Å². The van der Waals surface area contributed by atoms with Gasteiger partial charge in [0.15, 0.2) is 27.2 Å². The fourth-order valence-electron chi connectivity index (χ4n) is 4.49. The lowest BCUT2D eigenvalue weighted by Crippen LogP contribution is -2.26. The van der Waals surface area contributed by atoms with Crippen LogP contribution in [-0.4, -0.2) is 164 Å². The summed E-state index contributed by atoms with van der Waals surface area (Å²) in [5.74, 6) is -1.19. The molecule has 8 N–H and O–H groups in total. The van der Waals surface area contributed by atoms with E-state index in [0.29, 0.717) is 12.5 Å². The van der Waals surface area contributed by atoms with E-state index in [0.717, 1.165) is 0 Å². The smallest absolute Gasteiger partial charge is 0.396 e. The standard InChI is InChI=1S/C12H28O11P2.C12H27O8P.C11H22NO7P.C11H21NO3/c1-10(2)22-24(14,15)20-8-18-6-12(5-13)7-19-9-21-25(16,17)23-11(3)4;1-10(2)18-8-16-6-12(5-13)7-17-9-19-21(14,15)20-11(3)4;1-8(2)10(13)5-6-11(14)12-17-7-18-20(15,16)19-9(3)4;1-8(2)7-15-12-11(14)6-5-10(13)9(3)4/h10-13H,5-9H2,1-4H3,(H,14,15)(H,16,17);10-13H,5-9H2,1-4H3,(H,14,15);8-9H,5-7H2,1-4H3,(H,12,14)(H,15,16);8-9H,5-7H2,1-4H3,(H,12,14). The zero-order chi connectivity index (χ0) is 63.4. The number of hydrogen-bond donors (Lipinski definition) is 8. The number of rotatable bonds is 45. The van der Waals surface area contributed by atoms with Crippen molar-refractivity contribution in [2.24, 2.45) is 29.6 Å². The van der Waals surface area contributed by atoms with Crippen molar-refractivity contribution in [3.63, 3.8) is 0 Å². The summed E-state index contributed by atoms with van der Waals surface area (Å²) >= 11 is 0. The molecule has 0 saturated carbocycles. The largest absolute Gasteiger partial charge is 0.474 e. The van der Waals surface area contributed by atoms with Crippen LogP contribution < -0.4 is 11.0 Å². The SMILES string of the molecule is CC(C)CONC(=O)CCC(=O)C(C)C.CC(C)OCOCC(CO)COCOP(=O)(O)OC(C)C.CC(C)OP(=O)(O)OCOCC(CO)COCOP(=O)(O)OC(C)C.CC(C)OP(=O)(O)OCONC(=O)CCC(=O)C(C)C. The first-order valence-electron chi connectivity index (χ1n) is 25.9. The number of phosphoric ester groups is 4. The molecule has 0 aromatic heterocycles. The van der Waals surface area contributed by atoms with Gasteiger partial charge >= 0.3 is 31.3 Å². The van der Waals surface area contributed by atoms with E-state index in [1.807, 2.05) is 47.0 Å². The summed E-state index contributed by atoms with van der Waals surface area (Å²) in [5.41, 5.74) is 4.32. The van der Waals surface area contributed by atoms with Gasteiger partial charge in [0.1, 0.15) is 18.4 Å². The van der Waals surface area contributed by atoms with Gasteiger partial charge in [0, 0.05) is 49.4 Å². The maximum atomic E-state index is 11.4. The molecule has 0 aliphatic heterocycles. The molecule has 0 bridgehead atoms. The van der Waals surface area contributed by atoms with Crippen molar-refractivity contribution in [2.45, 2.75) is 167 Å². The van der Waals surface area contributed by atoms with Gasteiger partial charge in [0.05, 0.1) is 76.8 Å². The number of Topliss-reactive ketones (excluding diaryl/α,β-unsaturated/α-hetero) is 2. The number of aliphatic hydroxyl groups excluding tert-OH is 2. The molecule has 0 fully saturated rings. The van der Waals surface area contributed by atoms with Gasteiger partial charge in [-0.25, -0.2) is 34.1 Å². The minimum absolute atomic E-state index is 0.00520. The number of hydroxylamine groups is 2. The second kappa shape index (κ2) is 49.5. The molecular formula is C46H98N2O29P4. The van der Waals surface area contributed by atoms with Crippen molar-refractivity contribution in [1.29, 1.82) is 0 Å². The maximum absolute atomic E-state index is 11.4. The van der Waals surface area contributed by atoms with E-state index in [1.54, 1.807) is 69.2 Å². The van der Waals surface area contributed by atoms with Crippen LogP contribution in [0.15, 0.2) is 0 Å². The highest BCUT2D eigenvalue weighted by Crippen LogP contribution is 2.46. The molecule has 0 spiro atoms. The summed E-state index contributed by atoms with van der Waals surface area (Å²) in [7, 11) is -16.6. The topological polar surface area (TPSA) is 420 Å². The van der Waals surface area contributed by atoms with Crippen molar-refractivity contribution < 1.29 is 137 Å². The number of ketones is 2. The second-order valence-corrected chi connectivity index (χ2v) is 25.2. The Labute approximate surface area is 478 Å². The number of nitrogens with one attached hydrogen (secondary N) is 2. The van der Waals surface area contributed by atoms with E-state index in [1.165, 1.54) is 0 Å². The number of carbonyl (C=O) groups excluding carboxylic acids is 4. The minimum atomic E-state index is -4.19. The Morgan fingerprint density at radius 2 is 0.667 bits per heavy atom. The minimum Gasteiger partial charge on any atom is -0.396 e. The van der Waals surface area contributed by atoms with Crippen LogP contribution in [0.2, 0.25) is 0 Å². The predicted octanol–water partition coefficient (Wildman–Crippen LogP) is 6.37. The lowest BCUT2D eigenvalue weighted by atomic mass is 10.0. The molecule has 0 aliphatic rings. The molecule has 0 saturated heterocycles. The van der Waals surface area contributed by atoms with Crippen molar-refractivity contribution in [2.75, 3.05) is 80.2 Å². The van der Waals surface area contributed by atoms with Gasteiger partial charge in [-0.1, -0.05) is 41.5 Å². The number of ether oxygens (including phenoxy) is 5. The molecule has 81 heavy (non-hydrogen) atoms. The van der Waals surface area contributed by atoms with Gasteiger partial charge in [-0.3, -0.25) is 60.2 Å². The number of aliphatic hydroxyl groups is 2. The van der Waals surface area contributed by atoms with E-state index in [2.05, 4.69) is 42.0 Å². The third-order valence-corrected chi connectivity index (χ3v) is 12.7. The molecule has 0 aromatic rings. The normalized spacial score (nSPS) is 15.4. The lowest BCUT2D eigenvalue weighted by Gasteiger charge is -2.18. The van der Waals surface area contributed by atoms with Crippen LogP contribution in [0.3, 0.4) is 0 Å². The second-order valence-electron chi connectivity index (χ2n) is 19.5. The molecule has 0 heterocycles. The molecule has 0 aliphatic carbocycles. The predicted molar refractivity (Wildman–Crippen MR) is 290 cm³/mol. The van der Waals surface area contributed by atoms with Crippen LogP contribution in [0, 0.1) is 29.6 Å². The van der Waals surface area contributed by atoms with Gasteiger partial charge in [0.2, 0.25) is 11.8 Å². The molecule has 35 heteroatoms. The van der Waals surface area contributed by atoms with Gasteiger partial charge in [0.25, 0.3) is 0 Å². The zero-order valence-electron chi connectivity index (χ0n) is 49.9. The third kappa shape index (κ3) is 62.7. The average Bonchev–Trinajstić information content (AvgIpc) is 3.31. The Morgan fingerprint density at radius 1 is 0.383 bits per heavy atom. The Kier molecular flexibility index (Phi) is 52.4. The Morgan fingerprint density at radius 3 is 0.926 bits per heavy atom. The first-order chi connectivity index (χ1) is 37.3. The summed E-state index contributed by atoms with van der Waals surface area (Å²) in [6.45, 7) is 26.0. The summed E-state index contributed by atoms with van der Waals surface area (Å²) in [5, 5.41) is 18.3. The molecule has 2 amide bonds. The summed E-state index contributed by atoms with van der Waals surface area (Å²) in [6.07, 6.45) is -1.24. The monoisotopic (exact) mass is 1270 g/mol. The molecule has 0 aromatic carbocycles. The van der Waals surface area contributed by atoms with Crippen LogP contribution >= 0.6 is 31.3 Å². The lowest BCUT2D eigenvalue weighted by molar-refractivity contribution is -0.142. The van der Waals surface area contributed by atoms with E-state index in [-0.39, 0.29) is 113 Å². The highest BCUT2D eigenvalue weighted by Gasteiger charge is 2.26. The van der Waals surface area contributed by atoms with Crippen molar-refractivity contribution >= 4 is 54.7 Å². The first-order valence-corrected chi connectivity index (χ1v) is 31.9. The van der Waals surface area contributed by atoms with E-state index >= 15 is 0 Å². The molecule has 5 atom stereocenters. The van der Waals surface area contributed by atoms with Crippen molar-refractivity contribution in [3.05, 3.63) is 0 Å². The highest BCUT2D eigenvalue weighted by atomic mass is 31.2. The summed E-state index contributed by atoms with van der Waals surface area (Å²) in [6, 6.07) is 0. The molecule has 0 radical (unpaired) electrons. The average molecular weight is 1270 g/mol. The van der Waals surface area contributed by atoms with E-state index in [9.17, 15) is 57.2 Å². The van der Waals surface area contributed by atoms with Crippen molar-refractivity contribution in [1.82, 2.24) is 11.0 Å². The fourth-order valence-corrected chi connectivity index (χ4v) is 7.68. The van der Waals surface area contributed by atoms with Crippen molar-refractivity contribution in [3.8, 4) is 0 Å². The fraction of sp³-hybridized carbons (Fsp3) is 0.913. The maximum Gasteiger partial charge on any atom is 0.474 e. The molecular weight excluding hydrogens is 1170 g/mol. The Bertz CT molecular complexity index is 1790. The van der Waals surface area contributed by atoms with Crippen LogP contribution in [0.4, 0.5) is 0 Å². The molecule has 0 rings (SSSR count). The van der Waals surface area contributed by atoms with Crippen LogP contribution in [-0.2, 0) is 107 Å². The zero-order valence-corrected chi connectivity index (χ0v) is 53.5. The highest BCUT2D eigenvalue weighted by molar-refractivity contribution is 7.48. The Balaban J connectivity index is -0.000000495. The third-order valence-electron chi connectivity index (χ3n) is 8.24. The number of carbonyl (C=O) groups is 4. The van der Waals surface area contributed by atoms with Crippen LogP contribution in [0.25, 0.3) is 0 Å². The number of hydrogen-bond acceptors (Lipinski definition) is 25. The first kappa shape index (κ1) is 85.8. The quantitative estimate of drug-likeness (QED) is 0.0142. The van der Waals surface area contributed by atoms with Gasteiger partial charge in [-0.2, -0.15) is 0 Å². The van der Waals surface area contributed by atoms with Crippen LogP contribution in [0.1, 0.15) is 136 Å². The number of phosphoric acid groups is 4. The molecule has 31 nitrogen and oxygen atoms in total. The molecule has 5 unspecified atom stereocenters. The summed E-state index contributed by atoms with van der Waals surface area (Å²) in [4.78, 5) is 91.4. The van der Waals surface area contributed by atoms with E-state index in [4.69, 9.17) is 43.0 Å². The Hall–Kier alpha value is -1.64. The van der Waals surface area contributed by atoms with Gasteiger partial charge in [-0.05, 0) is 75.2 Å².